The zero-order chi connectivity index (χ0) is 14.6. The third-order valence-corrected chi connectivity index (χ3v) is 3.10. The number of hydrogen-bond donors (Lipinski definition) is 3. The summed E-state index contributed by atoms with van der Waals surface area (Å²) in [6.45, 7) is 5.34. The van der Waals surface area contributed by atoms with Crippen molar-refractivity contribution in [2.75, 3.05) is 0 Å². The van der Waals surface area contributed by atoms with E-state index in [4.69, 9.17) is 5.11 Å². The molecule has 0 aromatic carbocycles. The highest BCUT2D eigenvalue weighted by molar-refractivity contribution is 5.85. The van der Waals surface area contributed by atoms with Crippen LogP contribution in [-0.2, 0) is 18.4 Å². The van der Waals surface area contributed by atoms with Crippen LogP contribution in [0.25, 0.3) is 0 Å². The summed E-state index contributed by atoms with van der Waals surface area (Å²) in [5.41, 5.74) is 0.455. The van der Waals surface area contributed by atoms with E-state index >= 15 is 0 Å². The van der Waals surface area contributed by atoms with Crippen LogP contribution in [0.2, 0.25) is 0 Å². The molecule has 1 unspecified atom stereocenters. The van der Waals surface area contributed by atoms with Crippen molar-refractivity contribution in [2.45, 2.75) is 39.3 Å². The van der Waals surface area contributed by atoms with E-state index in [0.717, 1.165) is 11.4 Å². The van der Waals surface area contributed by atoms with Crippen molar-refractivity contribution < 1.29 is 14.7 Å². The number of aromatic nitrogens is 2. The highest BCUT2D eigenvalue weighted by Crippen LogP contribution is 2.09. The lowest BCUT2D eigenvalue weighted by Crippen LogP contribution is -2.54. The summed E-state index contributed by atoms with van der Waals surface area (Å²) in [4.78, 5) is 22.8. The molecule has 1 aromatic rings. The summed E-state index contributed by atoms with van der Waals surface area (Å²) in [5.74, 6) is -1.05. The Morgan fingerprint density at radius 1 is 1.53 bits per heavy atom. The second kappa shape index (κ2) is 5.73. The van der Waals surface area contributed by atoms with E-state index in [1.165, 1.54) is 6.92 Å². The van der Waals surface area contributed by atoms with Gasteiger partial charge < -0.3 is 15.7 Å². The number of carbonyl (C=O) groups is 2. The molecule has 1 rings (SSSR count). The number of rotatable bonds is 5. The summed E-state index contributed by atoms with van der Waals surface area (Å²) in [6.07, 6.45) is 0.306. The highest BCUT2D eigenvalue weighted by Gasteiger charge is 2.32. The summed E-state index contributed by atoms with van der Waals surface area (Å²) in [7, 11) is 1.79. The minimum Gasteiger partial charge on any atom is -0.480 e. The van der Waals surface area contributed by atoms with Crippen LogP contribution < -0.4 is 10.6 Å². The smallest absolute Gasteiger partial charge is 0.329 e. The molecule has 0 fully saturated rings. The minimum absolute atomic E-state index is 0.294. The number of amides is 2. The van der Waals surface area contributed by atoms with Crippen molar-refractivity contribution in [2.24, 2.45) is 7.05 Å². The molecular weight excluding hydrogens is 248 g/mol. The third kappa shape index (κ3) is 3.70. The fourth-order valence-electron chi connectivity index (χ4n) is 1.59. The number of carbonyl (C=O) groups excluding carboxylic acids is 1. The fourth-order valence-corrected chi connectivity index (χ4v) is 1.59. The number of aryl methyl sites for hydroxylation is 2. The molecule has 0 bridgehead atoms. The van der Waals surface area contributed by atoms with Gasteiger partial charge in [0, 0.05) is 7.05 Å². The summed E-state index contributed by atoms with van der Waals surface area (Å²) in [5, 5.41) is 18.3. The van der Waals surface area contributed by atoms with Gasteiger partial charge in [-0.2, -0.15) is 5.10 Å². The van der Waals surface area contributed by atoms with Gasteiger partial charge in [-0.3, -0.25) is 4.68 Å². The maximum absolute atomic E-state index is 11.7. The standard InChI is InChI=1S/C12H20N4O3/c1-5-12(3,10(17)18)14-11(19)13-7-9-6-8(2)15-16(9)4/h6H,5,7H2,1-4H3,(H,17,18)(H2,13,14,19). The first kappa shape index (κ1) is 15.0. The van der Waals surface area contributed by atoms with Gasteiger partial charge in [0.1, 0.15) is 5.54 Å². The van der Waals surface area contributed by atoms with Crippen molar-refractivity contribution in [3.05, 3.63) is 17.5 Å². The number of hydrogen-bond acceptors (Lipinski definition) is 3. The van der Waals surface area contributed by atoms with Crippen molar-refractivity contribution >= 4 is 12.0 Å². The molecule has 1 heterocycles. The minimum atomic E-state index is -1.26. The quantitative estimate of drug-likeness (QED) is 0.735. The maximum atomic E-state index is 11.7. The zero-order valence-electron chi connectivity index (χ0n) is 11.6. The Kier molecular flexibility index (Phi) is 4.52. The average molecular weight is 268 g/mol. The van der Waals surface area contributed by atoms with Crippen LogP contribution in [0, 0.1) is 6.92 Å². The average Bonchev–Trinajstić information content (AvgIpc) is 2.64. The van der Waals surface area contributed by atoms with E-state index in [1.54, 1.807) is 18.7 Å². The van der Waals surface area contributed by atoms with Gasteiger partial charge in [-0.25, -0.2) is 9.59 Å². The molecule has 1 aromatic heterocycles. The number of carboxylic acids is 1. The Morgan fingerprint density at radius 3 is 2.58 bits per heavy atom. The Labute approximate surface area is 112 Å². The highest BCUT2D eigenvalue weighted by atomic mass is 16.4. The molecule has 7 heteroatoms. The van der Waals surface area contributed by atoms with Crippen molar-refractivity contribution in [1.82, 2.24) is 20.4 Å². The molecule has 0 saturated carbocycles. The van der Waals surface area contributed by atoms with E-state index in [0.29, 0.717) is 13.0 Å². The molecule has 0 aliphatic heterocycles. The van der Waals surface area contributed by atoms with Gasteiger partial charge >= 0.3 is 12.0 Å². The van der Waals surface area contributed by atoms with Gasteiger partial charge in [0.05, 0.1) is 17.9 Å². The predicted molar refractivity (Wildman–Crippen MR) is 69.6 cm³/mol. The fraction of sp³-hybridized carbons (Fsp3) is 0.583. The zero-order valence-corrected chi connectivity index (χ0v) is 11.6. The molecular formula is C12H20N4O3. The van der Waals surface area contributed by atoms with E-state index in [-0.39, 0.29) is 0 Å². The number of nitrogens with zero attached hydrogens (tertiary/aromatic N) is 2. The van der Waals surface area contributed by atoms with Crippen molar-refractivity contribution in [3.8, 4) is 0 Å². The Hall–Kier alpha value is -2.05. The van der Waals surface area contributed by atoms with Crippen LogP contribution in [-0.4, -0.2) is 32.4 Å². The summed E-state index contributed by atoms with van der Waals surface area (Å²) in [6, 6.07) is 1.35. The lowest BCUT2D eigenvalue weighted by atomic mass is 10.00. The molecule has 2 amide bonds. The van der Waals surface area contributed by atoms with Gasteiger partial charge in [-0.1, -0.05) is 6.92 Å². The van der Waals surface area contributed by atoms with Crippen LogP contribution in [0.4, 0.5) is 4.79 Å². The van der Waals surface area contributed by atoms with Gasteiger partial charge in [0.2, 0.25) is 0 Å². The van der Waals surface area contributed by atoms with Gasteiger partial charge in [-0.15, -0.1) is 0 Å². The number of urea groups is 1. The van der Waals surface area contributed by atoms with E-state index in [1.807, 2.05) is 13.0 Å². The number of carboxylic acid groups (broad SMARTS) is 1. The summed E-state index contributed by atoms with van der Waals surface area (Å²) >= 11 is 0. The summed E-state index contributed by atoms with van der Waals surface area (Å²) < 4.78 is 1.67. The van der Waals surface area contributed by atoms with Crippen LogP contribution >= 0.6 is 0 Å². The van der Waals surface area contributed by atoms with Crippen LogP contribution in [0.1, 0.15) is 31.7 Å². The first-order valence-electron chi connectivity index (χ1n) is 6.07. The number of aliphatic carboxylic acids is 1. The maximum Gasteiger partial charge on any atom is 0.329 e. The Morgan fingerprint density at radius 2 is 2.16 bits per heavy atom. The van der Waals surface area contributed by atoms with Crippen LogP contribution in [0.3, 0.4) is 0 Å². The Bertz CT molecular complexity index is 483. The molecule has 0 saturated heterocycles. The van der Waals surface area contributed by atoms with Gasteiger partial charge in [-0.05, 0) is 26.3 Å². The topological polar surface area (TPSA) is 96.3 Å². The third-order valence-electron chi connectivity index (χ3n) is 3.10. The van der Waals surface area contributed by atoms with E-state index in [9.17, 15) is 9.59 Å². The van der Waals surface area contributed by atoms with Crippen molar-refractivity contribution in [3.63, 3.8) is 0 Å². The molecule has 3 N–H and O–H groups in total. The monoisotopic (exact) mass is 268 g/mol. The van der Waals surface area contributed by atoms with Gasteiger partial charge in [0.25, 0.3) is 0 Å². The number of nitrogens with one attached hydrogen (secondary N) is 2. The predicted octanol–water partition coefficient (Wildman–Crippen LogP) is 0.781. The van der Waals surface area contributed by atoms with Crippen molar-refractivity contribution in [1.29, 1.82) is 0 Å². The van der Waals surface area contributed by atoms with E-state index in [2.05, 4.69) is 15.7 Å². The molecule has 0 aliphatic rings. The molecule has 0 spiro atoms. The van der Waals surface area contributed by atoms with Gasteiger partial charge in [0.15, 0.2) is 0 Å². The van der Waals surface area contributed by atoms with E-state index < -0.39 is 17.5 Å². The largest absolute Gasteiger partial charge is 0.480 e. The normalized spacial score (nSPS) is 13.7. The lowest BCUT2D eigenvalue weighted by Gasteiger charge is -2.24. The second-order valence-corrected chi connectivity index (χ2v) is 4.70. The SMILES string of the molecule is CCC(C)(NC(=O)NCc1cc(C)nn1C)C(=O)O. The Balaban J connectivity index is 2.57. The van der Waals surface area contributed by atoms with Crippen LogP contribution in [0.15, 0.2) is 6.07 Å². The molecule has 7 nitrogen and oxygen atoms in total. The molecule has 1 atom stereocenters. The van der Waals surface area contributed by atoms with Crippen LogP contribution in [0.5, 0.6) is 0 Å². The first-order valence-corrected chi connectivity index (χ1v) is 6.07. The molecule has 0 radical (unpaired) electrons. The molecule has 19 heavy (non-hydrogen) atoms. The molecule has 106 valence electrons. The lowest BCUT2D eigenvalue weighted by molar-refractivity contribution is -0.143. The molecule has 0 aliphatic carbocycles. The second-order valence-electron chi connectivity index (χ2n) is 4.70. The first-order chi connectivity index (χ1) is 8.78.